The highest BCUT2D eigenvalue weighted by molar-refractivity contribution is 5.87. The monoisotopic (exact) mass is 261 g/mol. The molecule has 4 nitrogen and oxygen atoms in total. The van der Waals surface area contributed by atoms with Gasteiger partial charge in [0.2, 0.25) is 0 Å². The van der Waals surface area contributed by atoms with E-state index in [-0.39, 0.29) is 5.56 Å². The van der Waals surface area contributed by atoms with E-state index >= 15 is 0 Å². The highest BCUT2D eigenvalue weighted by atomic mass is 19.1. The molecule has 2 rings (SSSR count). The van der Waals surface area contributed by atoms with Gasteiger partial charge in [0, 0.05) is 18.3 Å². The van der Waals surface area contributed by atoms with E-state index in [1.165, 1.54) is 24.3 Å². The lowest BCUT2D eigenvalue weighted by molar-refractivity contribution is 0.0697. The van der Waals surface area contributed by atoms with Crippen LogP contribution in [0.5, 0.6) is 5.75 Å². The zero-order valence-corrected chi connectivity index (χ0v) is 9.93. The average molecular weight is 261 g/mol. The van der Waals surface area contributed by atoms with Crippen molar-refractivity contribution >= 4 is 11.7 Å². The summed E-state index contributed by atoms with van der Waals surface area (Å²) in [5, 5.41) is 20.8. The molecular formula is C14H12FNO3. The number of nitrogens with one attached hydrogen (secondary N) is 1. The molecule has 2 aromatic carbocycles. The molecule has 0 unspecified atom stereocenters. The highest BCUT2D eigenvalue weighted by Gasteiger charge is 2.03. The van der Waals surface area contributed by atoms with Crippen LogP contribution >= 0.6 is 0 Å². The summed E-state index contributed by atoms with van der Waals surface area (Å²) >= 11 is 0. The summed E-state index contributed by atoms with van der Waals surface area (Å²) in [6.07, 6.45) is 0. The molecule has 0 atom stereocenters. The molecule has 0 aliphatic carbocycles. The Morgan fingerprint density at radius 2 is 1.84 bits per heavy atom. The van der Waals surface area contributed by atoms with Crippen LogP contribution in [-0.4, -0.2) is 16.2 Å². The Bertz CT molecular complexity index is 596. The van der Waals surface area contributed by atoms with Crippen LogP contribution in [0.1, 0.15) is 15.9 Å². The number of rotatable bonds is 4. The fraction of sp³-hybridized carbons (Fsp3) is 0.0714. The van der Waals surface area contributed by atoms with Gasteiger partial charge in [-0.15, -0.1) is 0 Å². The fourth-order valence-corrected chi connectivity index (χ4v) is 1.59. The van der Waals surface area contributed by atoms with Gasteiger partial charge in [-0.25, -0.2) is 9.18 Å². The van der Waals surface area contributed by atoms with Crippen LogP contribution in [0.25, 0.3) is 0 Å². The first-order valence-corrected chi connectivity index (χ1v) is 5.61. The maximum Gasteiger partial charge on any atom is 0.335 e. The van der Waals surface area contributed by atoms with Gasteiger partial charge >= 0.3 is 5.97 Å². The summed E-state index contributed by atoms with van der Waals surface area (Å²) in [5.74, 6) is -2.05. The molecule has 0 aliphatic rings. The van der Waals surface area contributed by atoms with E-state index in [0.29, 0.717) is 12.2 Å². The number of phenols is 1. The summed E-state index contributed by atoms with van der Waals surface area (Å²) in [4.78, 5) is 10.7. The third kappa shape index (κ3) is 3.22. The number of hydrogen-bond acceptors (Lipinski definition) is 3. The van der Waals surface area contributed by atoms with Gasteiger partial charge < -0.3 is 15.5 Å². The number of benzene rings is 2. The second-order valence-corrected chi connectivity index (χ2v) is 4.02. The molecule has 0 bridgehead atoms. The molecule has 98 valence electrons. The van der Waals surface area contributed by atoms with Gasteiger partial charge in [-0.3, -0.25) is 0 Å². The fourth-order valence-electron chi connectivity index (χ4n) is 1.59. The van der Waals surface area contributed by atoms with Crippen molar-refractivity contribution < 1.29 is 19.4 Å². The van der Waals surface area contributed by atoms with E-state index in [1.807, 2.05) is 0 Å². The molecule has 0 radical (unpaired) electrons. The predicted molar refractivity (Wildman–Crippen MR) is 68.8 cm³/mol. The van der Waals surface area contributed by atoms with Crippen molar-refractivity contribution in [3.63, 3.8) is 0 Å². The van der Waals surface area contributed by atoms with Gasteiger partial charge in [-0.05, 0) is 29.8 Å². The number of anilines is 1. The van der Waals surface area contributed by atoms with Gasteiger partial charge in [-0.2, -0.15) is 0 Å². The van der Waals surface area contributed by atoms with Crippen LogP contribution < -0.4 is 5.32 Å². The van der Waals surface area contributed by atoms with E-state index in [0.717, 1.165) is 5.56 Å². The second kappa shape index (κ2) is 5.39. The SMILES string of the molecule is O=C(O)c1ccc(CNc2ccc(O)c(F)c2)cc1. The first-order valence-electron chi connectivity index (χ1n) is 5.61. The molecule has 0 saturated heterocycles. The van der Waals surface area contributed by atoms with Gasteiger partial charge in [-0.1, -0.05) is 12.1 Å². The minimum Gasteiger partial charge on any atom is -0.505 e. The van der Waals surface area contributed by atoms with Crippen molar-refractivity contribution in [1.82, 2.24) is 0 Å². The number of phenolic OH excluding ortho intramolecular Hbond substituents is 1. The zero-order valence-electron chi connectivity index (χ0n) is 9.93. The minimum absolute atomic E-state index is 0.222. The number of halogens is 1. The molecule has 19 heavy (non-hydrogen) atoms. The minimum atomic E-state index is -0.972. The summed E-state index contributed by atoms with van der Waals surface area (Å²) in [6.45, 7) is 0.435. The third-order valence-electron chi connectivity index (χ3n) is 2.65. The van der Waals surface area contributed by atoms with Crippen LogP contribution in [0.3, 0.4) is 0 Å². The molecule has 0 fully saturated rings. The van der Waals surface area contributed by atoms with Crippen LogP contribution in [0, 0.1) is 5.82 Å². The standard InChI is InChI=1S/C14H12FNO3/c15-12-7-11(5-6-13(12)17)16-8-9-1-3-10(4-2-9)14(18)19/h1-7,16-17H,8H2,(H,18,19). The van der Waals surface area contributed by atoms with Crippen molar-refractivity contribution in [3.05, 3.63) is 59.4 Å². The number of aromatic hydroxyl groups is 1. The smallest absolute Gasteiger partial charge is 0.335 e. The average Bonchev–Trinajstić information content (AvgIpc) is 2.40. The van der Waals surface area contributed by atoms with Crippen LogP contribution in [0.2, 0.25) is 0 Å². The summed E-state index contributed by atoms with van der Waals surface area (Å²) in [5.41, 5.74) is 1.63. The second-order valence-electron chi connectivity index (χ2n) is 4.02. The molecule has 0 saturated carbocycles. The molecule has 0 aliphatic heterocycles. The van der Waals surface area contributed by atoms with Crippen LogP contribution in [0.15, 0.2) is 42.5 Å². The zero-order chi connectivity index (χ0) is 13.8. The maximum atomic E-state index is 13.1. The quantitative estimate of drug-likeness (QED) is 0.740. The molecule has 5 heteroatoms. The number of hydrogen-bond donors (Lipinski definition) is 3. The van der Waals surface area contributed by atoms with Gasteiger partial charge in [0.05, 0.1) is 5.56 Å². The van der Waals surface area contributed by atoms with Crippen molar-refractivity contribution in [2.75, 3.05) is 5.32 Å². The van der Waals surface area contributed by atoms with E-state index < -0.39 is 17.5 Å². The van der Waals surface area contributed by atoms with Crippen LogP contribution in [-0.2, 0) is 6.54 Å². The van der Waals surface area contributed by atoms with Crippen molar-refractivity contribution in [1.29, 1.82) is 0 Å². The maximum absolute atomic E-state index is 13.1. The van der Waals surface area contributed by atoms with Gasteiger partial charge in [0.25, 0.3) is 0 Å². The highest BCUT2D eigenvalue weighted by Crippen LogP contribution is 2.19. The third-order valence-corrected chi connectivity index (χ3v) is 2.65. The first-order chi connectivity index (χ1) is 9.06. The van der Waals surface area contributed by atoms with E-state index in [2.05, 4.69) is 5.32 Å². The van der Waals surface area contributed by atoms with Crippen LogP contribution in [0.4, 0.5) is 10.1 Å². The van der Waals surface area contributed by atoms with E-state index in [1.54, 1.807) is 18.2 Å². The normalized spacial score (nSPS) is 10.2. The Morgan fingerprint density at radius 3 is 2.42 bits per heavy atom. The Kier molecular flexibility index (Phi) is 3.66. The van der Waals surface area contributed by atoms with Crippen molar-refractivity contribution in [3.8, 4) is 5.75 Å². The van der Waals surface area contributed by atoms with Gasteiger partial charge in [0.15, 0.2) is 11.6 Å². The lowest BCUT2D eigenvalue weighted by Crippen LogP contribution is -2.01. The van der Waals surface area contributed by atoms with Crippen molar-refractivity contribution in [2.45, 2.75) is 6.54 Å². The Labute approximate surface area is 109 Å². The van der Waals surface area contributed by atoms with Crippen molar-refractivity contribution in [2.24, 2.45) is 0 Å². The number of carboxylic acid groups (broad SMARTS) is 1. The topological polar surface area (TPSA) is 69.6 Å². The first kappa shape index (κ1) is 12.9. The summed E-state index contributed by atoms with van der Waals surface area (Å²) in [7, 11) is 0. The number of carbonyl (C=O) groups is 1. The Hall–Kier alpha value is -2.56. The summed E-state index contributed by atoms with van der Waals surface area (Å²) < 4.78 is 13.1. The Morgan fingerprint density at radius 1 is 1.16 bits per heavy atom. The van der Waals surface area contributed by atoms with Gasteiger partial charge in [0.1, 0.15) is 0 Å². The van der Waals surface area contributed by atoms with E-state index in [9.17, 15) is 9.18 Å². The lowest BCUT2D eigenvalue weighted by atomic mass is 10.1. The predicted octanol–water partition coefficient (Wildman–Crippen LogP) is 2.84. The molecule has 0 spiro atoms. The summed E-state index contributed by atoms with van der Waals surface area (Å²) in [6, 6.07) is 10.4. The molecule has 0 amide bonds. The molecule has 2 aromatic rings. The largest absolute Gasteiger partial charge is 0.505 e. The molecular weight excluding hydrogens is 249 g/mol. The van der Waals surface area contributed by atoms with E-state index in [4.69, 9.17) is 10.2 Å². The lowest BCUT2D eigenvalue weighted by Gasteiger charge is -2.07. The molecule has 0 aromatic heterocycles. The Balaban J connectivity index is 2.01. The molecule has 0 heterocycles. The number of carboxylic acids is 1. The molecule has 3 N–H and O–H groups in total. The number of aromatic carboxylic acids is 1.